The summed E-state index contributed by atoms with van der Waals surface area (Å²) in [6, 6.07) is 15.2. The molecule has 1 heterocycles. The monoisotopic (exact) mass is 269 g/mol. The van der Waals surface area contributed by atoms with E-state index in [4.69, 9.17) is 0 Å². The Labute approximate surface area is 123 Å². The molecule has 1 aromatic heterocycles. The largest absolute Gasteiger partial charge is 0.365 e. The van der Waals surface area contributed by atoms with Crippen LogP contribution < -0.4 is 0 Å². The molecule has 20 heavy (non-hydrogen) atoms. The quantitative estimate of drug-likeness (QED) is 0.610. The molecule has 108 valence electrons. The number of aromatic amines is 1. The molecule has 0 spiro atoms. The number of nitrogens with one attached hydrogen (secondary N) is 1. The molecule has 0 aliphatic rings. The Morgan fingerprint density at radius 1 is 0.950 bits per heavy atom. The van der Waals surface area contributed by atoms with Gasteiger partial charge >= 0.3 is 0 Å². The highest BCUT2D eigenvalue weighted by molar-refractivity contribution is 5.16. The lowest BCUT2D eigenvalue weighted by Crippen LogP contribution is -2.21. The molecular formula is C19H27N. The Bertz CT molecular complexity index is 472. The average Bonchev–Trinajstić information content (AvgIpc) is 3.02. The third-order valence-electron chi connectivity index (χ3n) is 4.57. The van der Waals surface area contributed by atoms with Crippen molar-refractivity contribution in [3.63, 3.8) is 0 Å². The van der Waals surface area contributed by atoms with E-state index in [1.165, 1.54) is 49.8 Å². The zero-order valence-electron chi connectivity index (χ0n) is 12.9. The van der Waals surface area contributed by atoms with E-state index in [0.717, 1.165) is 0 Å². The summed E-state index contributed by atoms with van der Waals surface area (Å²) in [7, 11) is 0. The van der Waals surface area contributed by atoms with Gasteiger partial charge < -0.3 is 4.98 Å². The summed E-state index contributed by atoms with van der Waals surface area (Å²) in [5.74, 6) is 0. The van der Waals surface area contributed by atoms with Crippen molar-refractivity contribution in [2.45, 2.75) is 57.8 Å². The van der Waals surface area contributed by atoms with Crippen molar-refractivity contribution >= 4 is 0 Å². The molecule has 1 atom stereocenters. The number of hydrogen-bond acceptors (Lipinski definition) is 0. The SMILES string of the molecule is CCC(C)(CCCCCc1ccccc1)c1ccc[nH]1. The van der Waals surface area contributed by atoms with Crippen LogP contribution in [0.25, 0.3) is 0 Å². The van der Waals surface area contributed by atoms with E-state index in [0.29, 0.717) is 5.41 Å². The molecule has 1 unspecified atom stereocenters. The number of hydrogen-bond donors (Lipinski definition) is 1. The molecule has 0 radical (unpaired) electrons. The first-order valence-corrected chi connectivity index (χ1v) is 7.92. The molecule has 0 saturated carbocycles. The summed E-state index contributed by atoms with van der Waals surface area (Å²) >= 11 is 0. The second-order valence-electron chi connectivity index (χ2n) is 6.04. The first-order chi connectivity index (χ1) is 9.74. The predicted octanol–water partition coefficient (Wildman–Crippen LogP) is 5.49. The molecule has 1 heteroatoms. The van der Waals surface area contributed by atoms with E-state index in [1.807, 2.05) is 6.20 Å². The number of rotatable bonds is 8. The molecular weight excluding hydrogens is 242 g/mol. The van der Waals surface area contributed by atoms with Gasteiger partial charge in [-0.25, -0.2) is 0 Å². The summed E-state index contributed by atoms with van der Waals surface area (Å²) < 4.78 is 0. The number of aryl methyl sites for hydroxylation is 1. The number of aromatic nitrogens is 1. The molecule has 0 amide bonds. The van der Waals surface area contributed by atoms with Crippen molar-refractivity contribution in [3.8, 4) is 0 Å². The molecule has 1 aromatic carbocycles. The molecule has 0 aliphatic carbocycles. The maximum atomic E-state index is 3.40. The highest BCUT2D eigenvalue weighted by atomic mass is 14.7. The fourth-order valence-corrected chi connectivity index (χ4v) is 2.87. The lowest BCUT2D eigenvalue weighted by Gasteiger charge is -2.27. The summed E-state index contributed by atoms with van der Waals surface area (Å²) in [6.45, 7) is 4.68. The van der Waals surface area contributed by atoms with E-state index in [-0.39, 0.29) is 0 Å². The Kier molecular flexibility index (Phi) is 5.46. The van der Waals surface area contributed by atoms with Crippen LogP contribution in [0.2, 0.25) is 0 Å². The maximum Gasteiger partial charge on any atom is 0.0207 e. The minimum atomic E-state index is 0.316. The lowest BCUT2D eigenvalue weighted by molar-refractivity contribution is 0.388. The molecule has 0 bridgehead atoms. The van der Waals surface area contributed by atoms with Crippen LogP contribution >= 0.6 is 0 Å². The van der Waals surface area contributed by atoms with Gasteiger partial charge in [0.15, 0.2) is 0 Å². The van der Waals surface area contributed by atoms with Gasteiger partial charge in [0.05, 0.1) is 0 Å². The van der Waals surface area contributed by atoms with Crippen LogP contribution in [-0.2, 0) is 11.8 Å². The van der Waals surface area contributed by atoms with Crippen molar-refractivity contribution in [2.24, 2.45) is 0 Å². The minimum Gasteiger partial charge on any atom is -0.365 e. The van der Waals surface area contributed by atoms with E-state index in [2.05, 4.69) is 61.3 Å². The van der Waals surface area contributed by atoms with Gasteiger partial charge in [-0.3, -0.25) is 0 Å². The molecule has 0 fully saturated rings. The minimum absolute atomic E-state index is 0.316. The number of H-pyrrole nitrogens is 1. The van der Waals surface area contributed by atoms with Crippen LogP contribution in [0.3, 0.4) is 0 Å². The Morgan fingerprint density at radius 3 is 2.40 bits per heavy atom. The Morgan fingerprint density at radius 2 is 1.75 bits per heavy atom. The number of unbranched alkanes of at least 4 members (excludes halogenated alkanes) is 2. The van der Waals surface area contributed by atoms with Crippen molar-refractivity contribution in [1.82, 2.24) is 4.98 Å². The first kappa shape index (κ1) is 14.9. The third-order valence-corrected chi connectivity index (χ3v) is 4.57. The van der Waals surface area contributed by atoms with Crippen molar-refractivity contribution in [3.05, 3.63) is 59.9 Å². The van der Waals surface area contributed by atoms with Crippen molar-refractivity contribution < 1.29 is 0 Å². The Balaban J connectivity index is 1.72. The average molecular weight is 269 g/mol. The predicted molar refractivity (Wildman–Crippen MR) is 87.0 cm³/mol. The second-order valence-corrected chi connectivity index (χ2v) is 6.04. The fourth-order valence-electron chi connectivity index (χ4n) is 2.87. The molecule has 1 nitrogen and oxygen atoms in total. The normalized spacial score (nSPS) is 14.1. The van der Waals surface area contributed by atoms with Crippen LogP contribution in [-0.4, -0.2) is 4.98 Å². The molecule has 2 rings (SSSR count). The summed E-state index contributed by atoms with van der Waals surface area (Å²) in [5, 5.41) is 0. The van der Waals surface area contributed by atoms with Crippen LogP contribution in [0.4, 0.5) is 0 Å². The molecule has 0 saturated heterocycles. The van der Waals surface area contributed by atoms with Gasteiger partial charge in [-0.05, 0) is 43.4 Å². The Hall–Kier alpha value is -1.50. The van der Waals surface area contributed by atoms with Crippen LogP contribution in [0.15, 0.2) is 48.7 Å². The van der Waals surface area contributed by atoms with Gasteiger partial charge in [-0.15, -0.1) is 0 Å². The second kappa shape index (κ2) is 7.33. The summed E-state index contributed by atoms with van der Waals surface area (Å²) in [5.41, 5.74) is 3.18. The van der Waals surface area contributed by atoms with Crippen molar-refractivity contribution in [1.29, 1.82) is 0 Å². The van der Waals surface area contributed by atoms with Gasteiger partial charge in [0.1, 0.15) is 0 Å². The molecule has 1 N–H and O–H groups in total. The van der Waals surface area contributed by atoms with Crippen LogP contribution in [0.1, 0.15) is 57.2 Å². The lowest BCUT2D eigenvalue weighted by atomic mass is 9.79. The maximum absolute atomic E-state index is 3.40. The van der Waals surface area contributed by atoms with Gasteiger partial charge in [0, 0.05) is 17.3 Å². The van der Waals surface area contributed by atoms with Gasteiger partial charge in [0.25, 0.3) is 0 Å². The summed E-state index contributed by atoms with van der Waals surface area (Å²) in [4.78, 5) is 3.40. The van der Waals surface area contributed by atoms with Crippen LogP contribution in [0, 0.1) is 0 Å². The van der Waals surface area contributed by atoms with Gasteiger partial charge in [-0.2, -0.15) is 0 Å². The summed E-state index contributed by atoms with van der Waals surface area (Å²) in [6.07, 6.45) is 9.67. The van der Waals surface area contributed by atoms with E-state index in [9.17, 15) is 0 Å². The highest BCUT2D eigenvalue weighted by Crippen LogP contribution is 2.32. The molecule has 0 aliphatic heterocycles. The van der Waals surface area contributed by atoms with Crippen LogP contribution in [0.5, 0.6) is 0 Å². The third kappa shape index (κ3) is 4.00. The standard InChI is InChI=1S/C19H27N/c1-3-19(2,18-14-10-16-20-18)15-9-5-8-13-17-11-6-4-7-12-17/h4,6-7,10-12,14,16,20H,3,5,8-9,13,15H2,1-2H3. The first-order valence-electron chi connectivity index (χ1n) is 7.92. The number of benzene rings is 1. The van der Waals surface area contributed by atoms with E-state index in [1.54, 1.807) is 0 Å². The molecule has 2 aromatic rings. The van der Waals surface area contributed by atoms with Crippen molar-refractivity contribution in [2.75, 3.05) is 0 Å². The van der Waals surface area contributed by atoms with E-state index >= 15 is 0 Å². The van der Waals surface area contributed by atoms with E-state index < -0.39 is 0 Å². The zero-order chi connectivity index (χ0) is 14.3. The zero-order valence-corrected chi connectivity index (χ0v) is 12.9. The van der Waals surface area contributed by atoms with Gasteiger partial charge in [0.2, 0.25) is 0 Å². The fraction of sp³-hybridized carbons (Fsp3) is 0.474. The topological polar surface area (TPSA) is 15.8 Å². The highest BCUT2D eigenvalue weighted by Gasteiger charge is 2.24. The smallest absolute Gasteiger partial charge is 0.0207 e. The van der Waals surface area contributed by atoms with Gasteiger partial charge in [-0.1, -0.05) is 57.0 Å².